The molecular formula is C28H27ClN2O6S. The van der Waals surface area contributed by atoms with E-state index in [4.69, 9.17) is 25.8 Å². The van der Waals surface area contributed by atoms with Crippen molar-refractivity contribution in [2.45, 2.75) is 19.4 Å². The summed E-state index contributed by atoms with van der Waals surface area (Å²) in [5.74, 6) is -0.254. The third-order valence-electron chi connectivity index (χ3n) is 6.01. The molecule has 1 N–H and O–H groups in total. The zero-order valence-corrected chi connectivity index (χ0v) is 22.8. The molecule has 2 heterocycles. The molecule has 0 aliphatic carbocycles. The molecule has 0 saturated heterocycles. The monoisotopic (exact) mass is 554 g/mol. The summed E-state index contributed by atoms with van der Waals surface area (Å²) >= 11 is 7.32. The third kappa shape index (κ3) is 5.45. The van der Waals surface area contributed by atoms with Gasteiger partial charge in [0.15, 0.2) is 16.3 Å². The SMILES string of the molecule is C=CCc1cc(C=c2sc3n(c2=O)C(c2ccc(Cl)cc2)C(C(=O)OCCOC)=C(C)N=3)cc(OC)c1O. The van der Waals surface area contributed by atoms with Gasteiger partial charge in [-0.3, -0.25) is 9.36 Å². The first-order valence-electron chi connectivity index (χ1n) is 11.7. The van der Waals surface area contributed by atoms with Gasteiger partial charge in [-0.15, -0.1) is 6.58 Å². The fourth-order valence-electron chi connectivity index (χ4n) is 4.23. The summed E-state index contributed by atoms with van der Waals surface area (Å²) in [4.78, 5) is 32.0. The van der Waals surface area contributed by atoms with Crippen LogP contribution < -0.4 is 19.6 Å². The molecule has 0 fully saturated rings. The van der Waals surface area contributed by atoms with E-state index in [0.717, 1.165) is 0 Å². The molecule has 8 nitrogen and oxygen atoms in total. The number of carbonyl (C=O) groups excluding carboxylic acids is 1. The quantitative estimate of drug-likeness (QED) is 0.247. The molecule has 1 unspecified atom stereocenters. The molecule has 1 atom stereocenters. The summed E-state index contributed by atoms with van der Waals surface area (Å²) < 4.78 is 17.6. The van der Waals surface area contributed by atoms with Gasteiger partial charge in [-0.25, -0.2) is 9.79 Å². The summed E-state index contributed by atoms with van der Waals surface area (Å²) in [5.41, 5.74) is 2.38. The predicted molar refractivity (Wildman–Crippen MR) is 147 cm³/mol. The van der Waals surface area contributed by atoms with Crippen LogP contribution >= 0.6 is 22.9 Å². The zero-order valence-electron chi connectivity index (χ0n) is 21.2. The highest BCUT2D eigenvalue weighted by Gasteiger charge is 2.33. The molecule has 0 saturated carbocycles. The van der Waals surface area contributed by atoms with Gasteiger partial charge in [0.1, 0.15) is 6.61 Å². The van der Waals surface area contributed by atoms with Crippen molar-refractivity contribution in [3.8, 4) is 11.5 Å². The number of phenols is 1. The number of halogens is 1. The molecule has 198 valence electrons. The summed E-state index contributed by atoms with van der Waals surface area (Å²) in [7, 11) is 2.98. The fraction of sp³-hybridized carbons (Fsp3) is 0.250. The van der Waals surface area contributed by atoms with Crippen LogP contribution in [0.3, 0.4) is 0 Å². The lowest BCUT2D eigenvalue weighted by atomic mass is 9.96. The van der Waals surface area contributed by atoms with Crippen molar-refractivity contribution in [2.75, 3.05) is 27.4 Å². The van der Waals surface area contributed by atoms with Crippen LogP contribution in [0.2, 0.25) is 5.02 Å². The minimum absolute atomic E-state index is 0.0287. The maximum atomic E-state index is 13.8. The van der Waals surface area contributed by atoms with Crippen LogP contribution in [-0.2, 0) is 20.7 Å². The average Bonchev–Trinajstić information content (AvgIpc) is 3.19. The highest BCUT2D eigenvalue weighted by Crippen LogP contribution is 2.33. The molecule has 1 aliphatic heterocycles. The second-order valence-electron chi connectivity index (χ2n) is 8.49. The number of aromatic nitrogens is 1. The molecule has 1 aromatic heterocycles. The van der Waals surface area contributed by atoms with Gasteiger partial charge in [0.25, 0.3) is 5.56 Å². The Balaban J connectivity index is 1.89. The second-order valence-corrected chi connectivity index (χ2v) is 9.93. The van der Waals surface area contributed by atoms with Crippen molar-refractivity contribution >= 4 is 35.0 Å². The second kappa shape index (κ2) is 11.8. The van der Waals surface area contributed by atoms with Crippen molar-refractivity contribution in [1.82, 2.24) is 4.57 Å². The van der Waals surface area contributed by atoms with Crippen molar-refractivity contribution in [3.63, 3.8) is 0 Å². The highest BCUT2D eigenvalue weighted by atomic mass is 35.5. The van der Waals surface area contributed by atoms with Gasteiger partial charge < -0.3 is 19.3 Å². The third-order valence-corrected chi connectivity index (χ3v) is 7.24. The number of hydrogen-bond acceptors (Lipinski definition) is 8. The van der Waals surface area contributed by atoms with E-state index in [1.807, 2.05) is 0 Å². The number of hydrogen-bond donors (Lipinski definition) is 1. The summed E-state index contributed by atoms with van der Waals surface area (Å²) in [6, 6.07) is 9.64. The molecular weight excluding hydrogens is 528 g/mol. The topological polar surface area (TPSA) is 99.4 Å². The molecule has 0 radical (unpaired) electrons. The number of thiazole rings is 1. The lowest BCUT2D eigenvalue weighted by Crippen LogP contribution is -2.40. The number of carbonyl (C=O) groups is 1. The molecule has 2 aromatic carbocycles. The van der Waals surface area contributed by atoms with Crippen LogP contribution in [0.1, 0.15) is 29.7 Å². The number of allylic oxidation sites excluding steroid dienone is 2. The number of rotatable bonds is 9. The molecule has 1 aliphatic rings. The minimum Gasteiger partial charge on any atom is -0.504 e. The van der Waals surface area contributed by atoms with E-state index in [1.54, 1.807) is 55.5 Å². The summed E-state index contributed by atoms with van der Waals surface area (Å²) in [6.07, 6.45) is 3.82. The van der Waals surface area contributed by atoms with E-state index < -0.39 is 12.0 Å². The number of phenolic OH excluding ortho intramolecular Hbond substituents is 1. The Kier molecular flexibility index (Phi) is 8.51. The number of nitrogens with zero attached hydrogens (tertiary/aromatic N) is 2. The predicted octanol–water partition coefficient (Wildman–Crippen LogP) is 3.52. The standard InChI is InChI=1S/C28H27ClN2O6S/c1-5-6-19-13-17(14-21(36-4)25(19)32)15-22-26(33)31-24(18-7-9-20(29)10-8-18)23(16(2)30-28(31)38-22)27(34)37-12-11-35-3/h5,7-10,13-15,24,32H,1,6,11-12H2,2-4H3. The van der Waals surface area contributed by atoms with Gasteiger partial charge in [0.2, 0.25) is 0 Å². The van der Waals surface area contributed by atoms with Gasteiger partial charge in [-0.1, -0.05) is 41.1 Å². The van der Waals surface area contributed by atoms with E-state index in [2.05, 4.69) is 11.6 Å². The van der Waals surface area contributed by atoms with Gasteiger partial charge in [0.05, 0.1) is 35.6 Å². The number of esters is 1. The lowest BCUT2D eigenvalue weighted by molar-refractivity contribution is -0.140. The van der Waals surface area contributed by atoms with Crippen LogP contribution in [0.4, 0.5) is 0 Å². The molecule has 0 amide bonds. The van der Waals surface area contributed by atoms with Crippen LogP contribution in [0.25, 0.3) is 6.08 Å². The van der Waals surface area contributed by atoms with Gasteiger partial charge in [0, 0.05) is 17.7 Å². The maximum Gasteiger partial charge on any atom is 0.338 e. The Morgan fingerprint density at radius 2 is 1.97 bits per heavy atom. The summed E-state index contributed by atoms with van der Waals surface area (Å²) in [6.45, 7) is 5.77. The number of ether oxygens (including phenoxy) is 3. The Labute approximate surface area is 228 Å². The van der Waals surface area contributed by atoms with E-state index in [-0.39, 0.29) is 30.1 Å². The molecule has 4 rings (SSSR count). The first-order valence-corrected chi connectivity index (χ1v) is 12.9. The first kappa shape index (κ1) is 27.4. The number of methoxy groups -OCH3 is 2. The number of fused-ring (bicyclic) bond motifs is 1. The fourth-order valence-corrected chi connectivity index (χ4v) is 5.40. The Morgan fingerprint density at radius 1 is 1.24 bits per heavy atom. The van der Waals surface area contributed by atoms with Crippen molar-refractivity contribution in [3.05, 3.63) is 102 Å². The van der Waals surface area contributed by atoms with Gasteiger partial charge in [-0.05, 0) is 54.8 Å². The normalized spacial score (nSPS) is 15.2. The van der Waals surface area contributed by atoms with Crippen molar-refractivity contribution < 1.29 is 24.1 Å². The molecule has 0 spiro atoms. The summed E-state index contributed by atoms with van der Waals surface area (Å²) in [5, 5.41) is 11.0. The first-order chi connectivity index (χ1) is 18.3. The van der Waals surface area contributed by atoms with Crippen LogP contribution in [0.5, 0.6) is 11.5 Å². The molecule has 10 heteroatoms. The Bertz CT molecular complexity index is 1590. The maximum absolute atomic E-state index is 13.8. The van der Waals surface area contributed by atoms with E-state index in [1.165, 1.54) is 30.1 Å². The van der Waals surface area contributed by atoms with Crippen LogP contribution in [0, 0.1) is 0 Å². The van der Waals surface area contributed by atoms with Crippen molar-refractivity contribution in [2.24, 2.45) is 4.99 Å². The zero-order chi connectivity index (χ0) is 27.4. The molecule has 0 bridgehead atoms. The molecule has 38 heavy (non-hydrogen) atoms. The van der Waals surface area contributed by atoms with Crippen LogP contribution in [-0.4, -0.2) is 43.1 Å². The van der Waals surface area contributed by atoms with E-state index in [0.29, 0.717) is 48.9 Å². The Hall–Kier alpha value is -3.66. The van der Waals surface area contributed by atoms with Crippen LogP contribution in [0.15, 0.2) is 70.1 Å². The number of benzene rings is 2. The van der Waals surface area contributed by atoms with Crippen molar-refractivity contribution in [1.29, 1.82) is 0 Å². The number of aromatic hydroxyl groups is 1. The Morgan fingerprint density at radius 3 is 2.63 bits per heavy atom. The molecule has 3 aromatic rings. The van der Waals surface area contributed by atoms with E-state index >= 15 is 0 Å². The lowest BCUT2D eigenvalue weighted by Gasteiger charge is -2.24. The van der Waals surface area contributed by atoms with Gasteiger partial charge >= 0.3 is 5.97 Å². The smallest absolute Gasteiger partial charge is 0.338 e. The van der Waals surface area contributed by atoms with Gasteiger partial charge in [-0.2, -0.15) is 0 Å². The average molecular weight is 555 g/mol. The van der Waals surface area contributed by atoms with E-state index in [9.17, 15) is 14.7 Å². The minimum atomic E-state index is -0.758. The highest BCUT2D eigenvalue weighted by molar-refractivity contribution is 7.07. The largest absolute Gasteiger partial charge is 0.504 e.